The van der Waals surface area contributed by atoms with Gasteiger partial charge in [0.1, 0.15) is 0 Å². The summed E-state index contributed by atoms with van der Waals surface area (Å²) in [6, 6.07) is 0.343. The van der Waals surface area contributed by atoms with E-state index in [2.05, 4.69) is 20.8 Å². The van der Waals surface area contributed by atoms with E-state index in [0.29, 0.717) is 11.9 Å². The van der Waals surface area contributed by atoms with E-state index in [0.717, 1.165) is 0 Å². The van der Waals surface area contributed by atoms with E-state index in [9.17, 15) is 4.79 Å². The molecule has 12 heavy (non-hydrogen) atoms. The van der Waals surface area contributed by atoms with Crippen molar-refractivity contribution in [1.29, 1.82) is 0 Å². The van der Waals surface area contributed by atoms with Gasteiger partial charge in [-0.15, -0.1) is 5.10 Å². The van der Waals surface area contributed by atoms with Gasteiger partial charge in [-0.3, -0.25) is 4.79 Å². The molecular formula is C6H10N4O2. The van der Waals surface area contributed by atoms with Gasteiger partial charge in [-0.05, 0) is 0 Å². The third-order valence-corrected chi connectivity index (χ3v) is 1.17. The van der Waals surface area contributed by atoms with Gasteiger partial charge in [0.15, 0.2) is 0 Å². The molecule has 0 saturated heterocycles. The van der Waals surface area contributed by atoms with Crippen LogP contribution in [0.25, 0.3) is 0 Å². The van der Waals surface area contributed by atoms with E-state index in [1.807, 2.05) is 0 Å². The Hall–Kier alpha value is -1.59. The molecule has 0 saturated carbocycles. The first-order valence-electron chi connectivity index (χ1n) is 3.47. The number of amides is 1. The second-order valence-corrected chi connectivity index (χ2v) is 2.16. The third kappa shape index (κ3) is 2.22. The molecule has 0 aromatic carbocycles. The molecule has 2 N–H and O–H groups in total. The fourth-order valence-corrected chi connectivity index (χ4v) is 0.626. The summed E-state index contributed by atoms with van der Waals surface area (Å²) >= 11 is 0. The molecule has 66 valence electrons. The maximum Gasteiger partial charge on any atom is 0.315 e. The largest absolute Gasteiger partial charge is 0.406 e. The van der Waals surface area contributed by atoms with Crippen molar-refractivity contribution in [3.8, 4) is 0 Å². The number of carbonyl (C=O) groups excluding carboxylic acids is 1. The maximum atomic E-state index is 10.5. The third-order valence-electron chi connectivity index (χ3n) is 1.17. The fraction of sp³-hybridized carbons (Fsp3) is 0.500. The summed E-state index contributed by atoms with van der Waals surface area (Å²) < 4.78 is 5.04. The Balaban J connectivity index is 2.47. The van der Waals surface area contributed by atoms with Gasteiger partial charge < -0.3 is 15.1 Å². The highest BCUT2D eigenvalue weighted by Crippen LogP contribution is 2.02. The van der Waals surface area contributed by atoms with Crippen LogP contribution in [0.1, 0.15) is 12.8 Å². The summed E-state index contributed by atoms with van der Waals surface area (Å²) in [7, 11) is 1.68. The molecule has 6 heteroatoms. The molecule has 0 radical (unpaired) electrons. The summed E-state index contributed by atoms with van der Waals surface area (Å²) in [6.45, 7) is 1.69. The molecule has 1 rings (SSSR count). The van der Waals surface area contributed by atoms with Crippen LogP contribution in [0.5, 0.6) is 0 Å². The lowest BCUT2D eigenvalue weighted by atomic mass is 10.6. The minimum Gasteiger partial charge on any atom is -0.406 e. The van der Waals surface area contributed by atoms with Gasteiger partial charge in [0.05, 0.1) is 6.54 Å². The summed E-state index contributed by atoms with van der Waals surface area (Å²) in [5.41, 5.74) is 0. The summed E-state index contributed by atoms with van der Waals surface area (Å²) in [5, 5.41) is 12.5. The van der Waals surface area contributed by atoms with Crippen LogP contribution in [0.3, 0.4) is 0 Å². The zero-order valence-corrected chi connectivity index (χ0v) is 6.92. The highest BCUT2D eigenvalue weighted by Gasteiger charge is 2.03. The smallest absolute Gasteiger partial charge is 0.315 e. The number of nitrogens with zero attached hydrogens (tertiary/aromatic N) is 2. The first-order valence-corrected chi connectivity index (χ1v) is 3.47. The van der Waals surface area contributed by atoms with Gasteiger partial charge in [-0.25, -0.2) is 0 Å². The second kappa shape index (κ2) is 3.70. The van der Waals surface area contributed by atoms with Gasteiger partial charge in [0.25, 0.3) is 0 Å². The van der Waals surface area contributed by atoms with Crippen molar-refractivity contribution < 1.29 is 9.21 Å². The number of hydrogen-bond donors (Lipinski definition) is 2. The average molecular weight is 170 g/mol. The molecular weight excluding hydrogens is 160 g/mol. The van der Waals surface area contributed by atoms with Gasteiger partial charge in [-0.2, -0.15) is 0 Å². The van der Waals surface area contributed by atoms with Crippen molar-refractivity contribution in [2.24, 2.45) is 0 Å². The van der Waals surface area contributed by atoms with Gasteiger partial charge in [0, 0.05) is 14.0 Å². The topological polar surface area (TPSA) is 80.0 Å². The van der Waals surface area contributed by atoms with Crippen molar-refractivity contribution in [3.05, 3.63) is 5.89 Å². The number of aromatic nitrogens is 2. The van der Waals surface area contributed by atoms with E-state index in [4.69, 9.17) is 4.42 Å². The standard InChI is InChI=1S/C6H10N4O2/c1-4(11)8-3-5-9-10-6(7-2)12-5/h3H2,1-2H3,(H,7,10)(H,8,11). The van der Waals surface area contributed by atoms with Gasteiger partial charge >= 0.3 is 6.01 Å². The average Bonchev–Trinajstić information content (AvgIpc) is 2.48. The van der Waals surface area contributed by atoms with E-state index < -0.39 is 0 Å². The molecule has 1 aromatic rings. The Morgan fingerprint density at radius 3 is 2.83 bits per heavy atom. The lowest BCUT2D eigenvalue weighted by molar-refractivity contribution is -0.119. The molecule has 6 nitrogen and oxygen atoms in total. The van der Waals surface area contributed by atoms with Crippen LogP contribution in [0.4, 0.5) is 6.01 Å². The molecule has 0 bridgehead atoms. The van der Waals surface area contributed by atoms with Crippen LogP contribution >= 0.6 is 0 Å². The Morgan fingerprint density at radius 2 is 2.33 bits per heavy atom. The van der Waals surface area contributed by atoms with Crippen molar-refractivity contribution in [2.75, 3.05) is 12.4 Å². The van der Waals surface area contributed by atoms with Crippen LogP contribution in [0, 0.1) is 0 Å². The molecule has 1 aromatic heterocycles. The highest BCUT2D eigenvalue weighted by atomic mass is 16.4. The summed E-state index contributed by atoms with van der Waals surface area (Å²) in [6.07, 6.45) is 0. The van der Waals surface area contributed by atoms with Crippen molar-refractivity contribution >= 4 is 11.9 Å². The molecule has 1 amide bonds. The molecule has 0 aliphatic carbocycles. The number of nitrogens with one attached hydrogen (secondary N) is 2. The molecule has 0 aliphatic rings. The molecule has 1 heterocycles. The van der Waals surface area contributed by atoms with E-state index >= 15 is 0 Å². The summed E-state index contributed by atoms with van der Waals surface area (Å²) in [4.78, 5) is 10.5. The lowest BCUT2D eigenvalue weighted by Crippen LogP contribution is -2.18. The maximum absolute atomic E-state index is 10.5. The van der Waals surface area contributed by atoms with Crippen LogP contribution < -0.4 is 10.6 Å². The molecule has 0 aliphatic heterocycles. The van der Waals surface area contributed by atoms with E-state index in [1.165, 1.54) is 6.92 Å². The number of carbonyl (C=O) groups is 1. The Labute approximate surface area is 69.4 Å². The van der Waals surface area contributed by atoms with Crippen molar-refractivity contribution in [3.63, 3.8) is 0 Å². The van der Waals surface area contributed by atoms with Crippen molar-refractivity contribution in [2.45, 2.75) is 13.5 Å². The Bertz CT molecular complexity index is 270. The van der Waals surface area contributed by atoms with Gasteiger partial charge in [0.2, 0.25) is 11.8 Å². The predicted octanol–water partition coefficient (Wildman–Crippen LogP) is -0.253. The summed E-state index contributed by atoms with van der Waals surface area (Å²) in [5.74, 6) is 0.258. The molecule has 0 unspecified atom stereocenters. The fourth-order valence-electron chi connectivity index (χ4n) is 0.626. The van der Waals surface area contributed by atoms with E-state index in [1.54, 1.807) is 7.05 Å². The second-order valence-electron chi connectivity index (χ2n) is 2.16. The highest BCUT2D eigenvalue weighted by molar-refractivity contribution is 5.72. The minimum absolute atomic E-state index is 0.126. The monoisotopic (exact) mass is 170 g/mol. The van der Waals surface area contributed by atoms with Crippen molar-refractivity contribution in [1.82, 2.24) is 15.5 Å². The molecule has 0 fully saturated rings. The normalized spacial score (nSPS) is 9.50. The number of anilines is 1. The van der Waals surface area contributed by atoms with Gasteiger partial charge in [-0.1, -0.05) is 5.10 Å². The Morgan fingerprint density at radius 1 is 1.58 bits per heavy atom. The predicted molar refractivity (Wildman–Crippen MR) is 41.4 cm³/mol. The van der Waals surface area contributed by atoms with Crippen LogP contribution in [0.15, 0.2) is 4.42 Å². The zero-order chi connectivity index (χ0) is 8.97. The Kier molecular flexibility index (Phi) is 2.62. The quantitative estimate of drug-likeness (QED) is 0.653. The number of hydrogen-bond acceptors (Lipinski definition) is 5. The number of rotatable bonds is 3. The van der Waals surface area contributed by atoms with Crippen LogP contribution in [-0.2, 0) is 11.3 Å². The molecule has 0 spiro atoms. The lowest BCUT2D eigenvalue weighted by Gasteiger charge is -1.94. The first-order chi connectivity index (χ1) is 5.72. The first kappa shape index (κ1) is 8.51. The van der Waals surface area contributed by atoms with E-state index in [-0.39, 0.29) is 12.5 Å². The molecule has 0 atom stereocenters. The zero-order valence-electron chi connectivity index (χ0n) is 6.92. The SMILES string of the molecule is CNc1nnc(CNC(C)=O)o1. The van der Waals surface area contributed by atoms with Crippen LogP contribution in [-0.4, -0.2) is 23.2 Å². The van der Waals surface area contributed by atoms with Crippen LogP contribution in [0.2, 0.25) is 0 Å². The minimum atomic E-state index is -0.126.